The average Bonchev–Trinajstić information content (AvgIpc) is 3.70. The monoisotopic (exact) mass is 786 g/mol. The molecule has 3 heterocycles. The first kappa shape index (κ1) is 42.6. The van der Waals surface area contributed by atoms with E-state index >= 15 is 0 Å². The van der Waals surface area contributed by atoms with Gasteiger partial charge >= 0.3 is 0 Å². The van der Waals surface area contributed by atoms with Crippen molar-refractivity contribution in [3.05, 3.63) is 0 Å². The standard InChI is InChI=1S/C41H70O14/c1-36(2)25(45)10-12-38(5)24-15-20(43)27-19(41(8)14-11-26(55-41)37(3,4)50)9-13-39(27,6)40(24,7)16-22(33(36)38)52-35-32(30(48)29(47)23(17-42)53-35)54-34-31(49)28(46)21(44)18-51-34/h19-35,42-50H,9-18H2,1-8H3/t19-,20+,21-,22+,23-,24-,25-,26+,27-,28+,29-,30+,31-,32-,33-,34+,35-,38+,39-,40-,41+/m1/s1. The van der Waals surface area contributed by atoms with E-state index in [0.29, 0.717) is 25.7 Å². The van der Waals surface area contributed by atoms with Crippen LogP contribution in [-0.4, -0.2) is 150 Å². The molecule has 0 bridgehead atoms. The average molecular weight is 787 g/mol. The number of fused-ring (bicyclic) bond motifs is 5. The SMILES string of the molecule is CC(C)(O)[C@@H]1CC[C@@](C)([C@@H]2CC[C@]3(C)[C@H]2[C@@H](O)C[C@@H]2[C@]4(C)CC[C@@H](O)C(C)(C)[C@H]4[C@@H](O[C@@H]4O[C@H](CO)[C@@H](O)[C@H](O)[C@H]4O[C@@H]4OC[C@@H](O)[C@H](O)[C@H]4O)C[C@]23C)O1. The summed E-state index contributed by atoms with van der Waals surface area (Å²) in [5.74, 6) is -0.233. The van der Waals surface area contributed by atoms with Gasteiger partial charge in [-0.25, -0.2) is 0 Å². The van der Waals surface area contributed by atoms with E-state index in [4.69, 9.17) is 23.7 Å². The molecule has 9 N–H and O–H groups in total. The lowest BCUT2D eigenvalue weighted by Gasteiger charge is -2.72. The van der Waals surface area contributed by atoms with Crippen LogP contribution < -0.4 is 0 Å². The van der Waals surface area contributed by atoms with Gasteiger partial charge in [-0.05, 0) is 117 Å². The summed E-state index contributed by atoms with van der Waals surface area (Å²) in [5, 5.41) is 98.7. The molecule has 14 heteroatoms. The van der Waals surface area contributed by atoms with E-state index in [-0.39, 0.29) is 41.8 Å². The summed E-state index contributed by atoms with van der Waals surface area (Å²) in [6.45, 7) is 15.8. The summed E-state index contributed by atoms with van der Waals surface area (Å²) in [6.07, 6.45) is -9.89. The Balaban J connectivity index is 1.25. The molecule has 55 heavy (non-hydrogen) atoms. The third-order valence-corrected chi connectivity index (χ3v) is 17.0. The van der Waals surface area contributed by atoms with Gasteiger partial charge in [-0.3, -0.25) is 0 Å². The van der Waals surface area contributed by atoms with Gasteiger partial charge in [-0.15, -0.1) is 0 Å². The lowest BCUT2D eigenvalue weighted by Crippen LogP contribution is -2.71. The number of rotatable bonds is 7. The molecular formula is C41H70O14. The van der Waals surface area contributed by atoms with E-state index in [0.717, 1.165) is 25.7 Å². The van der Waals surface area contributed by atoms with Crippen molar-refractivity contribution >= 4 is 0 Å². The minimum absolute atomic E-state index is 0.0590. The van der Waals surface area contributed by atoms with Gasteiger partial charge in [0.05, 0.1) is 48.8 Å². The van der Waals surface area contributed by atoms with E-state index in [1.807, 2.05) is 0 Å². The van der Waals surface area contributed by atoms with E-state index in [1.54, 1.807) is 13.8 Å². The molecule has 3 saturated heterocycles. The third-order valence-electron chi connectivity index (χ3n) is 17.0. The van der Waals surface area contributed by atoms with Crippen molar-refractivity contribution in [3.63, 3.8) is 0 Å². The van der Waals surface area contributed by atoms with Crippen LogP contribution in [0.1, 0.15) is 107 Å². The maximum absolute atomic E-state index is 12.4. The second-order valence-corrected chi connectivity index (χ2v) is 20.8. The number of aliphatic hydroxyl groups excluding tert-OH is 8. The van der Waals surface area contributed by atoms with Crippen LogP contribution in [0, 0.1) is 45.3 Å². The predicted molar refractivity (Wildman–Crippen MR) is 196 cm³/mol. The second-order valence-electron chi connectivity index (χ2n) is 20.8. The second kappa shape index (κ2) is 14.3. The summed E-state index contributed by atoms with van der Waals surface area (Å²) in [7, 11) is 0. The molecule has 0 amide bonds. The Hall–Kier alpha value is -0.560. The van der Waals surface area contributed by atoms with Crippen LogP contribution in [0.3, 0.4) is 0 Å². The Morgan fingerprint density at radius 3 is 2.07 bits per heavy atom. The Kier molecular flexibility index (Phi) is 11.1. The van der Waals surface area contributed by atoms with Crippen molar-refractivity contribution in [2.75, 3.05) is 13.2 Å². The summed E-state index contributed by atoms with van der Waals surface area (Å²) in [5.41, 5.74) is -3.33. The van der Waals surface area contributed by atoms with Gasteiger partial charge in [0.1, 0.15) is 42.7 Å². The van der Waals surface area contributed by atoms with E-state index in [9.17, 15) is 46.0 Å². The first-order valence-electron chi connectivity index (χ1n) is 20.8. The van der Waals surface area contributed by atoms with Gasteiger partial charge in [0.15, 0.2) is 12.6 Å². The van der Waals surface area contributed by atoms with Crippen LogP contribution in [0.15, 0.2) is 0 Å². The minimum Gasteiger partial charge on any atom is -0.394 e. The largest absolute Gasteiger partial charge is 0.394 e. The summed E-state index contributed by atoms with van der Waals surface area (Å²) in [6, 6.07) is 0. The summed E-state index contributed by atoms with van der Waals surface area (Å²) in [4.78, 5) is 0. The lowest BCUT2D eigenvalue weighted by atomic mass is 9.34. The molecule has 7 fully saturated rings. The van der Waals surface area contributed by atoms with Crippen LogP contribution in [0.25, 0.3) is 0 Å². The highest BCUT2D eigenvalue weighted by Gasteiger charge is 2.74. The van der Waals surface area contributed by atoms with Crippen LogP contribution in [0.5, 0.6) is 0 Å². The fourth-order valence-corrected chi connectivity index (χ4v) is 13.9. The zero-order valence-electron chi connectivity index (χ0n) is 34.0. The fourth-order valence-electron chi connectivity index (χ4n) is 13.9. The van der Waals surface area contributed by atoms with Gasteiger partial charge in [0, 0.05) is 0 Å². The third kappa shape index (κ3) is 6.50. The van der Waals surface area contributed by atoms with Crippen molar-refractivity contribution in [1.29, 1.82) is 0 Å². The highest BCUT2D eigenvalue weighted by atomic mass is 16.8. The van der Waals surface area contributed by atoms with Crippen molar-refractivity contribution in [2.45, 2.75) is 198 Å². The Bertz CT molecular complexity index is 1390. The van der Waals surface area contributed by atoms with Gasteiger partial charge < -0.3 is 69.6 Å². The smallest absolute Gasteiger partial charge is 0.187 e. The molecule has 0 aromatic rings. The molecule has 0 spiro atoms. The lowest BCUT2D eigenvalue weighted by molar-refractivity contribution is -0.377. The van der Waals surface area contributed by atoms with Gasteiger partial charge in [-0.1, -0.05) is 34.6 Å². The number of ether oxygens (including phenoxy) is 5. The van der Waals surface area contributed by atoms with Crippen LogP contribution in [-0.2, 0) is 23.7 Å². The fraction of sp³-hybridized carbons (Fsp3) is 1.00. The molecule has 4 aliphatic carbocycles. The zero-order chi connectivity index (χ0) is 40.4. The maximum Gasteiger partial charge on any atom is 0.187 e. The summed E-state index contributed by atoms with van der Waals surface area (Å²) < 4.78 is 31.6. The van der Waals surface area contributed by atoms with Gasteiger partial charge in [0.25, 0.3) is 0 Å². The molecule has 0 unspecified atom stereocenters. The summed E-state index contributed by atoms with van der Waals surface area (Å²) >= 11 is 0. The van der Waals surface area contributed by atoms with Crippen LogP contribution >= 0.6 is 0 Å². The zero-order valence-corrected chi connectivity index (χ0v) is 34.0. The number of hydrogen-bond acceptors (Lipinski definition) is 14. The number of aliphatic hydroxyl groups is 9. The molecular weight excluding hydrogens is 716 g/mol. The van der Waals surface area contributed by atoms with Crippen LogP contribution in [0.2, 0.25) is 0 Å². The first-order valence-corrected chi connectivity index (χ1v) is 20.8. The van der Waals surface area contributed by atoms with E-state index in [1.165, 1.54) is 0 Å². The molecule has 7 rings (SSSR count). The van der Waals surface area contributed by atoms with E-state index < -0.39 is 108 Å². The van der Waals surface area contributed by atoms with Gasteiger partial charge in [-0.2, -0.15) is 0 Å². The van der Waals surface area contributed by atoms with E-state index in [2.05, 4.69) is 41.5 Å². The van der Waals surface area contributed by atoms with Gasteiger partial charge in [0.2, 0.25) is 0 Å². The van der Waals surface area contributed by atoms with Crippen LogP contribution in [0.4, 0.5) is 0 Å². The molecule has 0 aromatic heterocycles. The first-order chi connectivity index (χ1) is 25.4. The minimum atomic E-state index is -1.68. The van der Waals surface area contributed by atoms with Crippen molar-refractivity contribution in [2.24, 2.45) is 45.3 Å². The highest BCUT2D eigenvalue weighted by Crippen LogP contribution is 2.76. The Labute approximate surface area is 325 Å². The topological polar surface area (TPSA) is 228 Å². The Morgan fingerprint density at radius 1 is 0.745 bits per heavy atom. The van der Waals surface area contributed by atoms with Crippen molar-refractivity contribution in [3.8, 4) is 0 Å². The molecule has 21 atom stereocenters. The normalized spacial score (nSPS) is 56.8. The molecule has 4 saturated carbocycles. The quantitative estimate of drug-likeness (QED) is 0.164. The molecule has 7 aliphatic rings. The maximum atomic E-state index is 12.4. The molecule has 318 valence electrons. The highest BCUT2D eigenvalue weighted by molar-refractivity contribution is 5.22. The molecule has 3 aliphatic heterocycles. The molecule has 0 radical (unpaired) electrons. The molecule has 14 nitrogen and oxygen atoms in total. The van der Waals surface area contributed by atoms with Crippen molar-refractivity contribution in [1.82, 2.24) is 0 Å². The van der Waals surface area contributed by atoms with Crippen molar-refractivity contribution < 1.29 is 69.6 Å². The number of hydrogen-bond donors (Lipinski definition) is 9. The Morgan fingerprint density at radius 2 is 1.44 bits per heavy atom. The predicted octanol–water partition coefficient (Wildman–Crippen LogP) is 0.970. The molecule has 0 aromatic carbocycles.